The highest BCUT2D eigenvalue weighted by Gasteiger charge is 2.23. The van der Waals surface area contributed by atoms with Crippen LogP contribution in [-0.4, -0.2) is 41.8 Å². The summed E-state index contributed by atoms with van der Waals surface area (Å²) < 4.78 is 4.98. The molecule has 1 fully saturated rings. The lowest BCUT2D eigenvalue weighted by molar-refractivity contribution is 0.387. The van der Waals surface area contributed by atoms with Gasteiger partial charge in [0.25, 0.3) is 0 Å². The molecule has 0 spiro atoms. The lowest BCUT2D eigenvalue weighted by Crippen LogP contribution is -2.44. The highest BCUT2D eigenvalue weighted by Crippen LogP contribution is 2.19. The molecule has 0 saturated carbocycles. The van der Waals surface area contributed by atoms with Gasteiger partial charge in [0.1, 0.15) is 6.54 Å². The number of halogens is 1. The fraction of sp³-hybridized carbons (Fsp3) is 0.471. The van der Waals surface area contributed by atoms with Crippen molar-refractivity contribution < 1.29 is 4.52 Å². The molecule has 1 unspecified atom stereocenters. The minimum absolute atomic E-state index is 0. The molecule has 25 heavy (non-hydrogen) atoms. The molecule has 2 heterocycles. The van der Waals surface area contributed by atoms with Crippen LogP contribution >= 0.6 is 24.0 Å². The molecule has 0 amide bonds. The zero-order valence-electron chi connectivity index (χ0n) is 14.6. The number of nitrogens with one attached hydrogen (secondary N) is 2. The van der Waals surface area contributed by atoms with Gasteiger partial charge < -0.3 is 20.1 Å². The molecule has 8 heteroatoms. The van der Waals surface area contributed by atoms with Crippen molar-refractivity contribution in [3.8, 4) is 0 Å². The van der Waals surface area contributed by atoms with Crippen LogP contribution in [0.15, 0.2) is 39.8 Å². The zero-order chi connectivity index (χ0) is 16.8. The molecule has 0 radical (unpaired) electrons. The Labute approximate surface area is 165 Å². The summed E-state index contributed by atoms with van der Waals surface area (Å²) in [5, 5.41) is 10.7. The Kier molecular flexibility index (Phi) is 7.48. The molecule has 0 bridgehead atoms. The lowest BCUT2D eigenvalue weighted by atomic mass is 10.3. The van der Waals surface area contributed by atoms with Crippen molar-refractivity contribution in [2.24, 2.45) is 4.99 Å². The van der Waals surface area contributed by atoms with E-state index in [1.807, 2.05) is 6.07 Å². The Hall–Kier alpha value is -1.84. The highest BCUT2D eigenvalue weighted by molar-refractivity contribution is 14.0. The van der Waals surface area contributed by atoms with E-state index < -0.39 is 0 Å². The summed E-state index contributed by atoms with van der Waals surface area (Å²) in [6.07, 6.45) is 1.08. The molecule has 2 aromatic rings. The number of hydrogen-bond acceptors (Lipinski definition) is 5. The van der Waals surface area contributed by atoms with Crippen molar-refractivity contribution >= 4 is 35.6 Å². The maximum Gasteiger partial charge on any atom is 0.223 e. The third-order valence-electron chi connectivity index (χ3n) is 3.94. The average molecular weight is 456 g/mol. The molecule has 3 rings (SSSR count). The van der Waals surface area contributed by atoms with Crippen LogP contribution in [0.1, 0.15) is 25.1 Å². The molecule has 1 aliphatic heterocycles. The predicted octanol–water partition coefficient (Wildman–Crippen LogP) is 2.33. The summed E-state index contributed by atoms with van der Waals surface area (Å²) in [7, 11) is 0. The largest absolute Gasteiger partial charge is 0.369 e. The van der Waals surface area contributed by atoms with Crippen LogP contribution in [0, 0.1) is 6.92 Å². The SMILES string of the molecule is CCNC(=NCc1noc(C)n1)NC1CCN(c2ccccc2)C1.I. The highest BCUT2D eigenvalue weighted by atomic mass is 127. The van der Waals surface area contributed by atoms with Gasteiger partial charge in [-0.25, -0.2) is 4.99 Å². The first-order chi connectivity index (χ1) is 11.7. The van der Waals surface area contributed by atoms with Crippen LogP contribution in [-0.2, 0) is 6.54 Å². The van der Waals surface area contributed by atoms with Crippen molar-refractivity contribution in [3.63, 3.8) is 0 Å². The van der Waals surface area contributed by atoms with Gasteiger partial charge in [0, 0.05) is 38.3 Å². The summed E-state index contributed by atoms with van der Waals surface area (Å²) >= 11 is 0. The minimum Gasteiger partial charge on any atom is -0.369 e. The second-order valence-corrected chi connectivity index (χ2v) is 5.84. The number of para-hydroxylation sites is 1. The third kappa shape index (κ3) is 5.58. The second kappa shape index (κ2) is 9.59. The maximum absolute atomic E-state index is 4.98. The van der Waals surface area contributed by atoms with Gasteiger partial charge in [-0.3, -0.25) is 0 Å². The van der Waals surface area contributed by atoms with Crippen molar-refractivity contribution in [1.29, 1.82) is 0 Å². The second-order valence-electron chi connectivity index (χ2n) is 5.84. The van der Waals surface area contributed by atoms with Crippen LogP contribution in [0.25, 0.3) is 0 Å². The van der Waals surface area contributed by atoms with Gasteiger partial charge >= 0.3 is 0 Å². The molecule has 1 aliphatic rings. The van der Waals surface area contributed by atoms with E-state index in [-0.39, 0.29) is 24.0 Å². The molecule has 1 atom stereocenters. The van der Waals surface area contributed by atoms with E-state index in [0.29, 0.717) is 24.3 Å². The van der Waals surface area contributed by atoms with E-state index in [9.17, 15) is 0 Å². The number of guanidine groups is 1. The fourth-order valence-corrected chi connectivity index (χ4v) is 2.82. The molecule has 2 N–H and O–H groups in total. The third-order valence-corrected chi connectivity index (χ3v) is 3.94. The number of anilines is 1. The maximum atomic E-state index is 4.98. The van der Waals surface area contributed by atoms with E-state index in [1.165, 1.54) is 5.69 Å². The molecule has 136 valence electrons. The van der Waals surface area contributed by atoms with E-state index in [1.54, 1.807) is 6.92 Å². The first-order valence-corrected chi connectivity index (χ1v) is 8.38. The molecule has 1 saturated heterocycles. The number of hydrogen-bond donors (Lipinski definition) is 2. The number of aliphatic imine (C=N–C) groups is 1. The Morgan fingerprint density at radius 2 is 2.16 bits per heavy atom. The quantitative estimate of drug-likeness (QED) is 0.409. The van der Waals surface area contributed by atoms with Crippen LogP contribution in [0.2, 0.25) is 0 Å². The summed E-state index contributed by atoms with van der Waals surface area (Å²) in [5.41, 5.74) is 1.27. The Morgan fingerprint density at radius 3 is 2.84 bits per heavy atom. The summed E-state index contributed by atoms with van der Waals surface area (Å²) in [4.78, 5) is 11.1. The topological polar surface area (TPSA) is 78.6 Å². The molecule has 1 aromatic carbocycles. The summed E-state index contributed by atoms with van der Waals surface area (Å²) in [6, 6.07) is 10.9. The van der Waals surface area contributed by atoms with Gasteiger partial charge in [0.05, 0.1) is 0 Å². The van der Waals surface area contributed by atoms with Gasteiger partial charge in [-0.05, 0) is 25.5 Å². The van der Waals surface area contributed by atoms with Crippen molar-refractivity contribution in [2.75, 3.05) is 24.5 Å². The number of aryl methyl sites for hydroxylation is 1. The van der Waals surface area contributed by atoms with Crippen molar-refractivity contribution in [2.45, 2.75) is 32.9 Å². The number of rotatable bonds is 5. The van der Waals surface area contributed by atoms with Gasteiger partial charge in [-0.1, -0.05) is 23.4 Å². The fourth-order valence-electron chi connectivity index (χ4n) is 2.82. The lowest BCUT2D eigenvalue weighted by Gasteiger charge is -2.20. The Balaban J connectivity index is 0.00000225. The van der Waals surface area contributed by atoms with E-state index in [0.717, 1.165) is 32.0 Å². The minimum atomic E-state index is 0. The van der Waals surface area contributed by atoms with Gasteiger partial charge in [-0.15, -0.1) is 24.0 Å². The van der Waals surface area contributed by atoms with Crippen LogP contribution in [0.4, 0.5) is 5.69 Å². The van der Waals surface area contributed by atoms with Crippen molar-refractivity contribution in [3.05, 3.63) is 42.0 Å². The Morgan fingerprint density at radius 1 is 1.36 bits per heavy atom. The molecular formula is C17H25IN6O. The van der Waals surface area contributed by atoms with Crippen molar-refractivity contribution in [1.82, 2.24) is 20.8 Å². The first-order valence-electron chi connectivity index (χ1n) is 8.38. The summed E-state index contributed by atoms with van der Waals surface area (Å²) in [6.45, 7) is 7.07. The smallest absolute Gasteiger partial charge is 0.223 e. The molecule has 0 aliphatic carbocycles. The van der Waals surface area contributed by atoms with Gasteiger partial charge in [-0.2, -0.15) is 4.98 Å². The van der Waals surface area contributed by atoms with E-state index >= 15 is 0 Å². The van der Waals surface area contributed by atoms with E-state index in [4.69, 9.17) is 4.52 Å². The van der Waals surface area contributed by atoms with Gasteiger partial charge in [0.15, 0.2) is 11.8 Å². The number of benzene rings is 1. The first kappa shape index (κ1) is 19.5. The average Bonchev–Trinajstić information content (AvgIpc) is 3.23. The molecule has 1 aromatic heterocycles. The zero-order valence-corrected chi connectivity index (χ0v) is 16.9. The Bertz CT molecular complexity index is 675. The summed E-state index contributed by atoms with van der Waals surface area (Å²) in [5.74, 6) is 1.95. The van der Waals surface area contributed by atoms with Crippen LogP contribution in [0.3, 0.4) is 0 Å². The van der Waals surface area contributed by atoms with Gasteiger partial charge in [0.2, 0.25) is 5.89 Å². The molecule has 7 nitrogen and oxygen atoms in total. The monoisotopic (exact) mass is 456 g/mol. The predicted molar refractivity (Wildman–Crippen MR) is 109 cm³/mol. The normalized spacial score (nSPS) is 17.3. The number of aromatic nitrogens is 2. The standard InChI is InChI=1S/C17H24N6O.HI/c1-3-18-17(19-11-16-20-13(2)24-22-16)21-14-9-10-23(12-14)15-7-5-4-6-8-15;/h4-8,14H,3,9-12H2,1-2H3,(H2,18,19,21);1H. The van der Waals surface area contributed by atoms with Crippen LogP contribution < -0.4 is 15.5 Å². The number of nitrogens with zero attached hydrogens (tertiary/aromatic N) is 4. The molecular weight excluding hydrogens is 431 g/mol. The van der Waals surface area contributed by atoms with E-state index in [2.05, 4.69) is 61.9 Å². The van der Waals surface area contributed by atoms with Crippen LogP contribution in [0.5, 0.6) is 0 Å².